The molecule has 0 aromatic heterocycles. The number of hydrogen-bond donors (Lipinski definition) is 3. The summed E-state index contributed by atoms with van der Waals surface area (Å²) in [5.74, 6) is -0.355. The summed E-state index contributed by atoms with van der Waals surface area (Å²) in [6, 6.07) is -0.778. The number of carbonyl (C=O) groups excluding carboxylic acids is 2. The number of amides is 3. The molecule has 1 atom stereocenters. The van der Waals surface area contributed by atoms with Gasteiger partial charge in [-0.15, -0.1) is 0 Å². The zero-order valence-corrected chi connectivity index (χ0v) is 8.41. The molecule has 0 aromatic carbocycles. The molecule has 1 aliphatic heterocycles. The predicted octanol–water partition coefficient (Wildman–Crippen LogP) is -1.53. The van der Waals surface area contributed by atoms with Gasteiger partial charge in [-0.2, -0.15) is 0 Å². The van der Waals surface area contributed by atoms with Gasteiger partial charge in [-0.25, -0.2) is 4.79 Å². The van der Waals surface area contributed by atoms with Gasteiger partial charge >= 0.3 is 6.03 Å². The van der Waals surface area contributed by atoms with Crippen LogP contribution in [0.5, 0.6) is 0 Å². The van der Waals surface area contributed by atoms with E-state index in [0.29, 0.717) is 6.04 Å². The Balaban J connectivity index is 2.41. The molecule has 0 bridgehead atoms. The molecule has 80 valence electrons. The zero-order valence-electron chi connectivity index (χ0n) is 8.41. The monoisotopic (exact) mass is 200 g/mol. The van der Waals surface area contributed by atoms with Crippen LogP contribution in [-0.4, -0.2) is 49.1 Å². The predicted molar refractivity (Wildman–Crippen MR) is 51.6 cm³/mol. The molecule has 6 heteroatoms. The summed E-state index contributed by atoms with van der Waals surface area (Å²) >= 11 is 0. The highest BCUT2D eigenvalue weighted by Crippen LogP contribution is 2.06. The van der Waals surface area contributed by atoms with Gasteiger partial charge < -0.3 is 11.1 Å². The van der Waals surface area contributed by atoms with Crippen LogP contribution in [0.1, 0.15) is 6.92 Å². The van der Waals surface area contributed by atoms with Crippen molar-refractivity contribution >= 4 is 11.9 Å². The summed E-state index contributed by atoms with van der Waals surface area (Å²) in [6.07, 6.45) is 0. The Bertz CT molecular complexity index is 239. The van der Waals surface area contributed by atoms with Crippen LogP contribution in [0.4, 0.5) is 4.79 Å². The van der Waals surface area contributed by atoms with Crippen molar-refractivity contribution in [3.8, 4) is 0 Å². The van der Waals surface area contributed by atoms with E-state index >= 15 is 0 Å². The number of urea groups is 1. The van der Waals surface area contributed by atoms with Crippen LogP contribution < -0.4 is 16.4 Å². The van der Waals surface area contributed by atoms with Crippen molar-refractivity contribution in [1.29, 1.82) is 0 Å². The maximum Gasteiger partial charge on any atom is 0.318 e. The lowest BCUT2D eigenvalue weighted by Crippen LogP contribution is -2.60. The van der Waals surface area contributed by atoms with Crippen LogP contribution in [0.25, 0.3) is 0 Å². The lowest BCUT2D eigenvalue weighted by Gasteiger charge is -2.38. The number of nitrogens with one attached hydrogen (secondary N) is 2. The van der Waals surface area contributed by atoms with Gasteiger partial charge in [0.25, 0.3) is 0 Å². The van der Waals surface area contributed by atoms with Gasteiger partial charge in [0.05, 0.1) is 6.04 Å². The first kappa shape index (κ1) is 10.9. The molecule has 0 spiro atoms. The van der Waals surface area contributed by atoms with Crippen LogP contribution in [0, 0.1) is 0 Å². The first-order valence-electron chi connectivity index (χ1n) is 4.55. The molecule has 0 saturated carbocycles. The molecule has 1 aliphatic rings. The molecule has 1 saturated heterocycles. The molecule has 3 amide bonds. The molecule has 0 aliphatic carbocycles. The number of rotatable bonds is 3. The van der Waals surface area contributed by atoms with Crippen LogP contribution in [0.3, 0.4) is 0 Å². The Kier molecular flexibility index (Phi) is 3.43. The van der Waals surface area contributed by atoms with E-state index < -0.39 is 6.03 Å². The Hall–Kier alpha value is -1.14. The van der Waals surface area contributed by atoms with Crippen LogP contribution in [0.2, 0.25) is 0 Å². The van der Waals surface area contributed by atoms with Crippen LogP contribution in [0.15, 0.2) is 0 Å². The van der Waals surface area contributed by atoms with Gasteiger partial charge in [0.1, 0.15) is 0 Å². The van der Waals surface area contributed by atoms with Gasteiger partial charge in [-0.1, -0.05) is 0 Å². The van der Waals surface area contributed by atoms with E-state index in [1.54, 1.807) is 6.92 Å². The second kappa shape index (κ2) is 4.39. The number of carbonyl (C=O) groups is 2. The van der Waals surface area contributed by atoms with Gasteiger partial charge in [-0.3, -0.25) is 15.0 Å². The van der Waals surface area contributed by atoms with Crippen molar-refractivity contribution in [1.82, 2.24) is 15.5 Å². The average molecular weight is 200 g/mol. The number of nitrogens with two attached hydrogens (primary N) is 1. The molecule has 6 nitrogen and oxygen atoms in total. The van der Waals surface area contributed by atoms with E-state index in [1.807, 2.05) is 11.9 Å². The summed E-state index contributed by atoms with van der Waals surface area (Å²) in [4.78, 5) is 23.7. The third-order valence-corrected chi connectivity index (χ3v) is 2.57. The minimum atomic E-state index is -0.804. The van der Waals surface area contributed by atoms with Gasteiger partial charge in [0.15, 0.2) is 0 Å². The quantitative estimate of drug-likeness (QED) is 0.516. The lowest BCUT2D eigenvalue weighted by atomic mass is 10.1. The molecule has 1 rings (SSSR count). The Labute approximate surface area is 82.8 Å². The molecule has 0 radical (unpaired) electrons. The van der Waals surface area contributed by atoms with Crippen molar-refractivity contribution in [2.75, 3.05) is 20.1 Å². The maximum absolute atomic E-state index is 11.4. The van der Waals surface area contributed by atoms with Crippen molar-refractivity contribution in [3.05, 3.63) is 0 Å². The van der Waals surface area contributed by atoms with Gasteiger partial charge in [-0.05, 0) is 14.0 Å². The second-order valence-corrected chi connectivity index (χ2v) is 3.51. The summed E-state index contributed by atoms with van der Waals surface area (Å²) in [7, 11) is 1.86. The number of hydrogen-bond acceptors (Lipinski definition) is 4. The SMILES string of the molecule is CC(C(=O)NC(N)=O)N(C)C1CNC1. The average Bonchev–Trinajstić information content (AvgIpc) is 1.98. The van der Waals surface area contributed by atoms with E-state index in [9.17, 15) is 9.59 Å². The highest BCUT2D eigenvalue weighted by Gasteiger charge is 2.28. The van der Waals surface area contributed by atoms with Crippen LogP contribution >= 0.6 is 0 Å². The number of likely N-dealkylation sites (N-methyl/N-ethyl adjacent to an activating group) is 1. The molecule has 1 fully saturated rings. The van der Waals surface area contributed by atoms with Crippen molar-refractivity contribution in [2.24, 2.45) is 5.73 Å². The summed E-state index contributed by atoms with van der Waals surface area (Å²) in [5, 5.41) is 5.18. The third-order valence-electron chi connectivity index (χ3n) is 2.57. The van der Waals surface area contributed by atoms with E-state index in [2.05, 4.69) is 10.6 Å². The molecular formula is C8H16N4O2. The standard InChI is InChI=1S/C8H16N4O2/c1-5(7(13)11-8(9)14)12(2)6-3-10-4-6/h5-6,10H,3-4H2,1-2H3,(H3,9,11,13,14). The lowest BCUT2D eigenvalue weighted by molar-refractivity contribution is -0.125. The minimum absolute atomic E-state index is 0.338. The molecule has 1 heterocycles. The molecule has 1 unspecified atom stereocenters. The van der Waals surface area contributed by atoms with Gasteiger partial charge in [0.2, 0.25) is 5.91 Å². The molecule has 4 N–H and O–H groups in total. The first-order chi connectivity index (χ1) is 6.52. The number of nitrogens with zero attached hydrogens (tertiary/aromatic N) is 1. The first-order valence-corrected chi connectivity index (χ1v) is 4.55. The fourth-order valence-corrected chi connectivity index (χ4v) is 1.29. The fraction of sp³-hybridized carbons (Fsp3) is 0.750. The number of imide groups is 1. The Morgan fingerprint density at radius 1 is 1.57 bits per heavy atom. The summed E-state index contributed by atoms with van der Waals surface area (Å²) in [5.41, 5.74) is 4.85. The minimum Gasteiger partial charge on any atom is -0.351 e. The number of primary amides is 1. The van der Waals surface area contributed by atoms with Crippen molar-refractivity contribution < 1.29 is 9.59 Å². The van der Waals surface area contributed by atoms with Crippen LogP contribution in [-0.2, 0) is 4.79 Å². The van der Waals surface area contributed by atoms with Crippen molar-refractivity contribution in [3.63, 3.8) is 0 Å². The fourth-order valence-electron chi connectivity index (χ4n) is 1.29. The molecule has 14 heavy (non-hydrogen) atoms. The zero-order chi connectivity index (χ0) is 10.7. The topological polar surface area (TPSA) is 87.5 Å². The Morgan fingerprint density at radius 3 is 2.50 bits per heavy atom. The third kappa shape index (κ3) is 2.43. The highest BCUT2D eigenvalue weighted by molar-refractivity contribution is 5.96. The Morgan fingerprint density at radius 2 is 2.14 bits per heavy atom. The summed E-state index contributed by atoms with van der Waals surface area (Å²) < 4.78 is 0. The summed E-state index contributed by atoms with van der Waals surface area (Å²) in [6.45, 7) is 3.51. The normalized spacial score (nSPS) is 18.8. The van der Waals surface area contributed by atoms with E-state index in [4.69, 9.17) is 5.73 Å². The van der Waals surface area contributed by atoms with E-state index in [1.165, 1.54) is 0 Å². The van der Waals surface area contributed by atoms with Crippen molar-refractivity contribution in [2.45, 2.75) is 19.0 Å². The highest BCUT2D eigenvalue weighted by atomic mass is 16.2. The van der Waals surface area contributed by atoms with E-state index in [0.717, 1.165) is 13.1 Å². The smallest absolute Gasteiger partial charge is 0.318 e. The largest absolute Gasteiger partial charge is 0.351 e. The van der Waals surface area contributed by atoms with Gasteiger partial charge in [0, 0.05) is 19.1 Å². The molecular weight excluding hydrogens is 184 g/mol. The second-order valence-electron chi connectivity index (χ2n) is 3.51. The molecule has 0 aromatic rings. The maximum atomic E-state index is 11.4. The van der Waals surface area contributed by atoms with E-state index in [-0.39, 0.29) is 11.9 Å².